The first-order valence-corrected chi connectivity index (χ1v) is 9.38. The lowest BCUT2D eigenvalue weighted by molar-refractivity contribution is 0.0945. The molecule has 1 N–H and O–H groups in total. The normalized spacial score (nSPS) is 10.9. The van der Waals surface area contributed by atoms with Crippen LogP contribution in [-0.2, 0) is 6.54 Å². The van der Waals surface area contributed by atoms with Crippen molar-refractivity contribution in [1.29, 1.82) is 0 Å². The summed E-state index contributed by atoms with van der Waals surface area (Å²) in [6.45, 7) is 2.24. The Kier molecular flexibility index (Phi) is 4.64. The maximum Gasteiger partial charge on any atom is 0.255 e. The van der Waals surface area contributed by atoms with E-state index >= 15 is 0 Å². The maximum atomic E-state index is 12.7. The molecule has 27 heavy (non-hydrogen) atoms. The highest BCUT2D eigenvalue weighted by Crippen LogP contribution is 2.26. The SMILES string of the molecule is COc1cc2ccccc2cc1C(=O)NCc1ccc(-c2csc(C)n2)o1. The van der Waals surface area contributed by atoms with Gasteiger partial charge in [-0.15, -0.1) is 11.3 Å². The van der Waals surface area contributed by atoms with Gasteiger partial charge < -0.3 is 14.5 Å². The lowest BCUT2D eigenvalue weighted by Gasteiger charge is -2.10. The van der Waals surface area contributed by atoms with Crippen molar-refractivity contribution < 1.29 is 13.9 Å². The molecule has 0 saturated heterocycles. The van der Waals surface area contributed by atoms with Crippen LogP contribution in [0, 0.1) is 6.92 Å². The van der Waals surface area contributed by atoms with Crippen molar-refractivity contribution in [3.05, 3.63) is 70.2 Å². The predicted octanol–water partition coefficient (Wildman–Crippen LogP) is 4.80. The molecule has 2 aromatic heterocycles. The van der Waals surface area contributed by atoms with Gasteiger partial charge in [-0.3, -0.25) is 4.79 Å². The minimum atomic E-state index is -0.208. The first-order valence-electron chi connectivity index (χ1n) is 8.50. The quantitative estimate of drug-likeness (QED) is 0.542. The molecule has 2 aromatic carbocycles. The van der Waals surface area contributed by atoms with Gasteiger partial charge in [0.05, 0.1) is 24.2 Å². The molecule has 0 atom stereocenters. The summed E-state index contributed by atoms with van der Waals surface area (Å²) >= 11 is 1.57. The maximum absolute atomic E-state index is 12.7. The second-order valence-corrected chi connectivity index (χ2v) is 7.16. The van der Waals surface area contributed by atoms with Crippen LogP contribution in [0.3, 0.4) is 0 Å². The zero-order valence-corrected chi connectivity index (χ0v) is 15.8. The summed E-state index contributed by atoms with van der Waals surface area (Å²) in [6.07, 6.45) is 0. The number of ether oxygens (including phenoxy) is 1. The Morgan fingerprint density at radius 1 is 1.19 bits per heavy atom. The Morgan fingerprint density at radius 2 is 1.96 bits per heavy atom. The predicted molar refractivity (Wildman–Crippen MR) is 106 cm³/mol. The number of furan rings is 1. The van der Waals surface area contributed by atoms with E-state index in [1.807, 2.05) is 60.8 Å². The van der Waals surface area contributed by atoms with Gasteiger partial charge >= 0.3 is 0 Å². The van der Waals surface area contributed by atoms with E-state index in [0.717, 1.165) is 21.5 Å². The van der Waals surface area contributed by atoms with Crippen LogP contribution < -0.4 is 10.1 Å². The zero-order chi connectivity index (χ0) is 18.8. The lowest BCUT2D eigenvalue weighted by atomic mass is 10.1. The van der Waals surface area contributed by atoms with E-state index in [2.05, 4.69) is 10.3 Å². The van der Waals surface area contributed by atoms with Crippen molar-refractivity contribution in [2.75, 3.05) is 7.11 Å². The average Bonchev–Trinajstić information content (AvgIpc) is 3.33. The summed E-state index contributed by atoms with van der Waals surface area (Å²) in [7, 11) is 1.57. The van der Waals surface area contributed by atoms with Gasteiger partial charge in [0.25, 0.3) is 5.91 Å². The number of thiazole rings is 1. The third kappa shape index (κ3) is 3.57. The first kappa shape index (κ1) is 17.3. The van der Waals surface area contributed by atoms with Crippen molar-refractivity contribution in [1.82, 2.24) is 10.3 Å². The molecule has 1 amide bonds. The van der Waals surface area contributed by atoms with Crippen LogP contribution in [0.5, 0.6) is 5.75 Å². The Hall–Kier alpha value is -3.12. The molecule has 0 aliphatic rings. The molecular formula is C21H18N2O3S. The van der Waals surface area contributed by atoms with E-state index in [-0.39, 0.29) is 12.5 Å². The minimum Gasteiger partial charge on any atom is -0.496 e. The molecule has 0 aliphatic carbocycles. The number of rotatable bonds is 5. The number of benzene rings is 2. The summed E-state index contributed by atoms with van der Waals surface area (Å²) in [5.41, 5.74) is 1.31. The molecule has 0 saturated carbocycles. The Labute approximate surface area is 160 Å². The fourth-order valence-corrected chi connectivity index (χ4v) is 3.52. The summed E-state index contributed by atoms with van der Waals surface area (Å²) in [5, 5.41) is 7.85. The molecule has 4 rings (SSSR count). The van der Waals surface area contributed by atoms with Gasteiger partial charge in [-0.05, 0) is 42.0 Å². The van der Waals surface area contributed by atoms with Crippen LogP contribution in [0.15, 0.2) is 58.3 Å². The molecule has 0 radical (unpaired) electrons. The van der Waals surface area contributed by atoms with E-state index < -0.39 is 0 Å². The Balaban J connectivity index is 1.51. The molecule has 6 heteroatoms. The van der Waals surface area contributed by atoms with Crippen LogP contribution in [0.2, 0.25) is 0 Å². The summed E-state index contributed by atoms with van der Waals surface area (Å²) in [6, 6.07) is 15.3. The number of carbonyl (C=O) groups is 1. The molecule has 2 heterocycles. The molecule has 5 nitrogen and oxygen atoms in total. The van der Waals surface area contributed by atoms with Crippen LogP contribution in [0.25, 0.3) is 22.2 Å². The number of nitrogens with one attached hydrogen (secondary N) is 1. The highest BCUT2D eigenvalue weighted by molar-refractivity contribution is 7.09. The fourth-order valence-electron chi connectivity index (χ4n) is 2.92. The number of fused-ring (bicyclic) bond motifs is 1. The lowest BCUT2D eigenvalue weighted by Crippen LogP contribution is -2.23. The van der Waals surface area contributed by atoms with Crippen LogP contribution >= 0.6 is 11.3 Å². The van der Waals surface area contributed by atoms with Gasteiger partial charge in [0.2, 0.25) is 0 Å². The van der Waals surface area contributed by atoms with Gasteiger partial charge in [-0.2, -0.15) is 0 Å². The molecular weight excluding hydrogens is 360 g/mol. The molecule has 0 fully saturated rings. The first-order chi connectivity index (χ1) is 13.1. The fraction of sp³-hybridized carbons (Fsp3) is 0.143. The summed E-state index contributed by atoms with van der Waals surface area (Å²) in [5.74, 6) is 1.71. The second kappa shape index (κ2) is 7.25. The van der Waals surface area contributed by atoms with Crippen LogP contribution in [-0.4, -0.2) is 18.0 Å². The van der Waals surface area contributed by atoms with E-state index in [4.69, 9.17) is 9.15 Å². The van der Waals surface area contributed by atoms with Crippen molar-refractivity contribution in [2.24, 2.45) is 0 Å². The smallest absolute Gasteiger partial charge is 0.255 e. The van der Waals surface area contributed by atoms with Crippen LogP contribution in [0.4, 0.5) is 0 Å². The highest BCUT2D eigenvalue weighted by Gasteiger charge is 2.15. The van der Waals surface area contributed by atoms with Crippen molar-refractivity contribution >= 4 is 28.0 Å². The van der Waals surface area contributed by atoms with Gasteiger partial charge in [-0.25, -0.2) is 4.98 Å². The number of carbonyl (C=O) groups excluding carboxylic acids is 1. The zero-order valence-electron chi connectivity index (χ0n) is 15.0. The Bertz CT molecular complexity index is 1110. The highest BCUT2D eigenvalue weighted by atomic mass is 32.1. The molecule has 0 spiro atoms. The van der Waals surface area contributed by atoms with E-state index in [1.54, 1.807) is 18.4 Å². The number of amides is 1. The number of aryl methyl sites for hydroxylation is 1. The van der Waals surface area contributed by atoms with Gasteiger partial charge in [0.15, 0.2) is 5.76 Å². The van der Waals surface area contributed by atoms with E-state index in [1.165, 1.54) is 0 Å². The monoisotopic (exact) mass is 378 g/mol. The largest absolute Gasteiger partial charge is 0.496 e. The van der Waals surface area contributed by atoms with Crippen molar-refractivity contribution in [3.8, 4) is 17.2 Å². The minimum absolute atomic E-state index is 0.208. The van der Waals surface area contributed by atoms with Crippen molar-refractivity contribution in [3.63, 3.8) is 0 Å². The second-order valence-electron chi connectivity index (χ2n) is 6.10. The number of hydrogen-bond acceptors (Lipinski definition) is 5. The van der Waals surface area contributed by atoms with E-state index in [9.17, 15) is 4.79 Å². The molecule has 0 aliphatic heterocycles. The van der Waals surface area contributed by atoms with Crippen molar-refractivity contribution in [2.45, 2.75) is 13.5 Å². The van der Waals surface area contributed by atoms with Gasteiger partial charge in [0, 0.05) is 5.38 Å². The standard InChI is InChI=1S/C21H18N2O3S/c1-13-23-18(12-27-13)19-8-7-16(26-19)11-22-21(24)17-9-14-5-3-4-6-15(14)10-20(17)25-2/h3-10,12H,11H2,1-2H3,(H,22,24). The van der Waals surface area contributed by atoms with Crippen LogP contribution in [0.1, 0.15) is 21.1 Å². The molecule has 136 valence electrons. The number of nitrogens with zero attached hydrogens (tertiary/aromatic N) is 1. The third-order valence-electron chi connectivity index (χ3n) is 4.27. The molecule has 0 bridgehead atoms. The molecule has 0 unspecified atom stereocenters. The van der Waals surface area contributed by atoms with E-state index in [0.29, 0.717) is 22.8 Å². The summed E-state index contributed by atoms with van der Waals surface area (Å²) in [4.78, 5) is 17.1. The number of aromatic nitrogens is 1. The Morgan fingerprint density at radius 3 is 2.67 bits per heavy atom. The molecule has 4 aromatic rings. The average molecular weight is 378 g/mol. The van der Waals surface area contributed by atoms with Gasteiger partial charge in [-0.1, -0.05) is 24.3 Å². The number of methoxy groups -OCH3 is 1. The number of hydrogen-bond donors (Lipinski definition) is 1. The van der Waals surface area contributed by atoms with Gasteiger partial charge in [0.1, 0.15) is 17.2 Å². The topological polar surface area (TPSA) is 64.4 Å². The third-order valence-corrected chi connectivity index (χ3v) is 5.04. The summed E-state index contributed by atoms with van der Waals surface area (Å²) < 4.78 is 11.2.